The Balaban J connectivity index is 1.65. The maximum Gasteiger partial charge on any atom is 0.541 e. The molecule has 1 atom stereocenters. The second-order valence-electron chi connectivity index (χ2n) is 7.89. The van der Waals surface area contributed by atoms with Crippen LogP contribution in [-0.4, -0.2) is 20.6 Å². The molecule has 0 amide bonds. The van der Waals surface area contributed by atoms with Crippen molar-refractivity contribution in [1.29, 1.82) is 0 Å². The lowest BCUT2D eigenvalue weighted by atomic mass is 9.83. The van der Waals surface area contributed by atoms with Gasteiger partial charge in [-0.2, -0.15) is 0 Å². The number of phosphoric ester groups is 1. The van der Waals surface area contributed by atoms with E-state index in [9.17, 15) is 19.3 Å². The summed E-state index contributed by atoms with van der Waals surface area (Å²) < 4.78 is 35.6. The van der Waals surface area contributed by atoms with Crippen LogP contribution >= 0.6 is 7.82 Å². The largest absolute Gasteiger partial charge is 0.541 e. The molecule has 11 heteroatoms. The molecular formula is C20H13N2O8P. The molecule has 31 heavy (non-hydrogen) atoms. The third-order valence-corrected chi connectivity index (χ3v) is 7.57. The normalized spacial score (nSPS) is 31.2. The van der Waals surface area contributed by atoms with E-state index in [0.717, 1.165) is 10.9 Å². The minimum atomic E-state index is -4.16. The van der Waals surface area contributed by atoms with Crippen LogP contribution in [0.15, 0.2) is 35.1 Å². The van der Waals surface area contributed by atoms with E-state index < -0.39 is 30.9 Å². The zero-order valence-electron chi connectivity index (χ0n) is 15.9. The molecule has 5 bridgehead atoms. The van der Waals surface area contributed by atoms with Crippen molar-refractivity contribution in [3.63, 3.8) is 0 Å². The van der Waals surface area contributed by atoms with Crippen molar-refractivity contribution in [3.05, 3.63) is 57.4 Å². The maximum atomic E-state index is 13.6. The lowest BCUT2D eigenvalue weighted by Gasteiger charge is -2.44. The van der Waals surface area contributed by atoms with Gasteiger partial charge in [-0.1, -0.05) is 25.1 Å². The molecule has 0 radical (unpaired) electrons. The zero-order chi connectivity index (χ0) is 21.3. The van der Waals surface area contributed by atoms with Gasteiger partial charge in [0.05, 0.1) is 23.3 Å². The Kier molecular flexibility index (Phi) is 2.87. The molecule has 7 heterocycles. The summed E-state index contributed by atoms with van der Waals surface area (Å²) in [7, 11) is -4.16. The van der Waals surface area contributed by atoms with E-state index in [2.05, 4.69) is 4.98 Å². The van der Waals surface area contributed by atoms with Crippen LogP contribution in [0, 0.1) is 0 Å². The Morgan fingerprint density at radius 1 is 1.23 bits per heavy atom. The van der Waals surface area contributed by atoms with Gasteiger partial charge in [-0.05, 0) is 18.6 Å². The summed E-state index contributed by atoms with van der Waals surface area (Å²) in [6.45, 7) is 1.73. The van der Waals surface area contributed by atoms with Crippen LogP contribution in [0.5, 0.6) is 5.75 Å². The number of aliphatic hydroxyl groups is 1. The fourth-order valence-electron chi connectivity index (χ4n) is 4.77. The predicted molar refractivity (Wildman–Crippen MR) is 103 cm³/mol. The van der Waals surface area contributed by atoms with Gasteiger partial charge in [0, 0.05) is 10.9 Å². The molecule has 1 spiro atoms. The highest BCUT2D eigenvalue weighted by atomic mass is 31.2. The molecule has 10 nitrogen and oxygen atoms in total. The topological polar surface area (TPSA) is 126 Å². The minimum Gasteiger partial charge on any atom is -0.401 e. The van der Waals surface area contributed by atoms with Gasteiger partial charge in [-0.3, -0.25) is 9.36 Å². The fourth-order valence-corrected chi connectivity index (χ4v) is 6.10. The van der Waals surface area contributed by atoms with Gasteiger partial charge in [0.25, 0.3) is 5.56 Å². The summed E-state index contributed by atoms with van der Waals surface area (Å²) >= 11 is 0. The van der Waals surface area contributed by atoms with E-state index in [0.29, 0.717) is 11.2 Å². The van der Waals surface area contributed by atoms with Crippen molar-refractivity contribution in [2.75, 3.05) is 0 Å². The van der Waals surface area contributed by atoms with Crippen molar-refractivity contribution in [2.24, 2.45) is 0 Å². The number of esters is 1. The number of para-hydroxylation sites is 1. The van der Waals surface area contributed by atoms with Gasteiger partial charge in [0.2, 0.25) is 0 Å². The van der Waals surface area contributed by atoms with Crippen LogP contribution < -0.4 is 10.1 Å². The van der Waals surface area contributed by atoms with Gasteiger partial charge >= 0.3 is 19.8 Å². The number of hydrogen-bond acceptors (Lipinski definition) is 9. The number of phosphoric acid groups is 1. The van der Waals surface area contributed by atoms with E-state index in [1.54, 1.807) is 6.92 Å². The number of rotatable bonds is 1. The SMILES string of the molecule is CC[C@@]1(O)C(=O)OC23OP(=O)(Oc4c1c2c(=O)n1c4-c2nc4ccccc4cc2C1)O3. The monoisotopic (exact) mass is 440 g/mol. The van der Waals surface area contributed by atoms with Crippen molar-refractivity contribution >= 4 is 24.7 Å². The fraction of sp³-hybridized carbons (Fsp3) is 0.250. The van der Waals surface area contributed by atoms with E-state index in [1.165, 1.54) is 4.57 Å². The second kappa shape index (κ2) is 5.05. The number of fused-ring (bicyclic) bond motifs is 4. The highest BCUT2D eigenvalue weighted by molar-refractivity contribution is 7.50. The number of ether oxygens (including phenoxy) is 1. The molecule has 0 unspecified atom stereocenters. The van der Waals surface area contributed by atoms with Crippen molar-refractivity contribution in [2.45, 2.75) is 31.5 Å². The molecule has 156 valence electrons. The number of nitrogens with zero attached hydrogens (tertiary/aromatic N) is 2. The third kappa shape index (κ3) is 1.86. The van der Waals surface area contributed by atoms with Crippen LogP contribution in [0.1, 0.15) is 30.0 Å². The van der Waals surface area contributed by atoms with Gasteiger partial charge in [0.1, 0.15) is 11.3 Å². The molecule has 5 aliphatic heterocycles. The number of carbonyl (C=O) groups excluding carboxylic acids is 1. The lowest BCUT2D eigenvalue weighted by molar-refractivity contribution is -0.368. The summed E-state index contributed by atoms with van der Waals surface area (Å²) in [4.78, 5) is 31.0. The first-order valence-electron chi connectivity index (χ1n) is 9.66. The number of hydrogen-bond donors (Lipinski definition) is 1. The van der Waals surface area contributed by atoms with Crippen LogP contribution in [0.25, 0.3) is 22.3 Å². The molecule has 0 aliphatic carbocycles. The van der Waals surface area contributed by atoms with Crippen LogP contribution in [0.2, 0.25) is 0 Å². The molecule has 1 N–H and O–H groups in total. The average Bonchev–Trinajstić information content (AvgIpc) is 3.03. The molecule has 2 aromatic heterocycles. The Morgan fingerprint density at radius 2 is 2.00 bits per heavy atom. The number of aromatic nitrogens is 2. The summed E-state index contributed by atoms with van der Waals surface area (Å²) in [5.74, 6) is -3.48. The number of carbonyl (C=O) groups is 1. The van der Waals surface area contributed by atoms with E-state index in [-0.39, 0.29) is 35.5 Å². The third-order valence-electron chi connectivity index (χ3n) is 6.24. The summed E-state index contributed by atoms with van der Waals surface area (Å²) in [5.41, 5.74) is -1.09. The quantitative estimate of drug-likeness (QED) is 0.350. The van der Waals surface area contributed by atoms with E-state index in [1.807, 2.05) is 30.3 Å². The van der Waals surface area contributed by atoms with Crippen molar-refractivity contribution in [3.8, 4) is 17.1 Å². The maximum absolute atomic E-state index is 13.6. The Morgan fingerprint density at radius 3 is 2.77 bits per heavy atom. The molecule has 1 aromatic carbocycles. The molecule has 1 fully saturated rings. The first-order valence-corrected chi connectivity index (χ1v) is 11.1. The molecule has 0 saturated carbocycles. The molecule has 5 aliphatic rings. The summed E-state index contributed by atoms with van der Waals surface area (Å²) in [6, 6.07) is 9.38. The van der Waals surface area contributed by atoms with Gasteiger partial charge in [-0.25, -0.2) is 23.4 Å². The lowest BCUT2D eigenvalue weighted by Crippen LogP contribution is -2.56. The highest BCUT2D eigenvalue weighted by Gasteiger charge is 2.73. The van der Waals surface area contributed by atoms with Crippen LogP contribution in [-0.2, 0) is 41.3 Å². The molecule has 8 rings (SSSR count). The number of pyridine rings is 2. The molecular weight excluding hydrogens is 427 g/mol. The van der Waals surface area contributed by atoms with Crippen molar-refractivity contribution < 1.29 is 32.8 Å². The average molecular weight is 440 g/mol. The minimum absolute atomic E-state index is 0.111. The first-order chi connectivity index (χ1) is 14.8. The van der Waals surface area contributed by atoms with Crippen LogP contribution in [0.3, 0.4) is 0 Å². The Labute approximate surface area is 173 Å². The number of benzene rings is 1. The predicted octanol–water partition coefficient (Wildman–Crippen LogP) is 2.24. The van der Waals surface area contributed by atoms with Gasteiger partial charge in [-0.15, -0.1) is 0 Å². The summed E-state index contributed by atoms with van der Waals surface area (Å²) in [6.07, 6.45) is -0.115. The van der Waals surface area contributed by atoms with E-state index in [4.69, 9.17) is 18.3 Å². The van der Waals surface area contributed by atoms with Crippen molar-refractivity contribution in [1.82, 2.24) is 9.55 Å². The molecule has 3 aromatic rings. The van der Waals surface area contributed by atoms with E-state index >= 15 is 0 Å². The smallest absolute Gasteiger partial charge is 0.401 e. The van der Waals surface area contributed by atoms with Gasteiger partial charge < -0.3 is 14.4 Å². The first kappa shape index (κ1) is 17.6. The molecule has 1 saturated heterocycles. The highest BCUT2D eigenvalue weighted by Crippen LogP contribution is 2.74. The van der Waals surface area contributed by atoms with Crippen LogP contribution in [0.4, 0.5) is 0 Å². The zero-order valence-corrected chi connectivity index (χ0v) is 16.8. The summed E-state index contributed by atoms with van der Waals surface area (Å²) in [5, 5.41) is 12.1. The standard InChI is InChI=1S/C20H13N2O8P/c1-2-19(25)12-13-17(23)22-8-10-7-9-5-3-4-6-11(9)21-14(10)15(22)16(12)28-31(26)29-20(13,30-31)27-18(19)24/h3-7,25H,2,8H2,1H3/t19-,20?,31?/m0/s1. The van der Waals surface area contributed by atoms with Gasteiger partial charge in [0.15, 0.2) is 11.4 Å². The second-order valence-corrected chi connectivity index (χ2v) is 9.33. The Hall–Kier alpha value is -3.04. The Bertz CT molecular complexity index is 1500.